The van der Waals surface area contributed by atoms with Gasteiger partial charge in [0.15, 0.2) is 11.5 Å². The molecule has 0 fully saturated rings. The molecule has 0 aliphatic rings. The molecule has 0 unspecified atom stereocenters. The van der Waals surface area contributed by atoms with Gasteiger partial charge in [-0.05, 0) is 35.9 Å². The van der Waals surface area contributed by atoms with Crippen LogP contribution >= 0.6 is 0 Å². The lowest BCUT2D eigenvalue weighted by Gasteiger charge is -2.17. The fourth-order valence-corrected chi connectivity index (χ4v) is 2.63. The minimum Gasteiger partial charge on any atom is -0.465 e. The molecule has 0 radical (unpaired) electrons. The molecule has 0 aliphatic heterocycles. The molecule has 7 heteroatoms. The van der Waals surface area contributed by atoms with Gasteiger partial charge in [0, 0.05) is 19.3 Å². The van der Waals surface area contributed by atoms with Crippen LogP contribution in [0.1, 0.15) is 26.4 Å². The molecule has 0 saturated carbocycles. The number of rotatable bonds is 6. The Morgan fingerprint density at radius 1 is 1.00 bits per heavy atom. The van der Waals surface area contributed by atoms with Gasteiger partial charge in [-0.2, -0.15) is 0 Å². The average molecular weight is 376 g/mol. The van der Waals surface area contributed by atoms with E-state index in [2.05, 4.69) is 20.3 Å². The van der Waals surface area contributed by atoms with E-state index in [4.69, 9.17) is 0 Å². The molecule has 3 aromatic rings. The summed E-state index contributed by atoms with van der Waals surface area (Å²) in [6.07, 6.45) is 0. The van der Waals surface area contributed by atoms with Crippen molar-refractivity contribution in [2.75, 3.05) is 24.4 Å². The van der Waals surface area contributed by atoms with Crippen LogP contribution in [-0.2, 0) is 11.3 Å². The zero-order valence-electron chi connectivity index (χ0n) is 15.6. The van der Waals surface area contributed by atoms with Gasteiger partial charge >= 0.3 is 5.97 Å². The van der Waals surface area contributed by atoms with Crippen LogP contribution in [0.25, 0.3) is 0 Å². The highest BCUT2D eigenvalue weighted by atomic mass is 16.5. The van der Waals surface area contributed by atoms with Crippen LogP contribution in [0.4, 0.5) is 11.5 Å². The number of amides is 1. The molecule has 0 saturated heterocycles. The second kappa shape index (κ2) is 8.77. The van der Waals surface area contributed by atoms with Crippen LogP contribution in [0.3, 0.4) is 0 Å². The number of anilines is 2. The van der Waals surface area contributed by atoms with Gasteiger partial charge < -0.3 is 15.0 Å². The summed E-state index contributed by atoms with van der Waals surface area (Å²) in [7, 11) is 3.22. The largest absolute Gasteiger partial charge is 0.465 e. The maximum Gasteiger partial charge on any atom is 0.337 e. The summed E-state index contributed by atoms with van der Waals surface area (Å²) in [5.41, 5.74) is 2.16. The normalized spacial score (nSPS) is 10.2. The van der Waals surface area contributed by atoms with Crippen molar-refractivity contribution in [3.8, 4) is 0 Å². The van der Waals surface area contributed by atoms with Crippen molar-refractivity contribution in [3.63, 3.8) is 0 Å². The Morgan fingerprint density at radius 2 is 1.79 bits per heavy atom. The van der Waals surface area contributed by atoms with Crippen molar-refractivity contribution in [3.05, 3.63) is 83.6 Å². The molecule has 1 aromatic heterocycles. The second-order valence-electron chi connectivity index (χ2n) is 6.14. The Labute approximate surface area is 163 Å². The van der Waals surface area contributed by atoms with Gasteiger partial charge in [-0.1, -0.05) is 36.4 Å². The highest BCUT2D eigenvalue weighted by Gasteiger charge is 2.12. The lowest BCUT2D eigenvalue weighted by molar-refractivity contribution is 0.0600. The third-order valence-electron chi connectivity index (χ3n) is 4.08. The molecule has 0 spiro atoms. The van der Waals surface area contributed by atoms with E-state index >= 15 is 0 Å². The van der Waals surface area contributed by atoms with E-state index in [1.165, 1.54) is 7.11 Å². The number of hydrogen-bond acceptors (Lipinski definition) is 6. The molecule has 3 rings (SSSR count). The molecule has 1 amide bonds. The van der Waals surface area contributed by atoms with Gasteiger partial charge in [-0.25, -0.2) is 4.79 Å². The molecule has 1 heterocycles. The van der Waals surface area contributed by atoms with E-state index < -0.39 is 11.9 Å². The zero-order valence-corrected chi connectivity index (χ0v) is 15.6. The summed E-state index contributed by atoms with van der Waals surface area (Å²) in [5, 5.41) is 10.9. The van der Waals surface area contributed by atoms with E-state index in [1.54, 1.807) is 36.4 Å². The zero-order chi connectivity index (χ0) is 19.9. The van der Waals surface area contributed by atoms with E-state index in [-0.39, 0.29) is 5.69 Å². The molecule has 0 bridgehead atoms. The first-order chi connectivity index (χ1) is 13.6. The summed E-state index contributed by atoms with van der Waals surface area (Å²) in [6, 6.07) is 19.9. The molecule has 28 heavy (non-hydrogen) atoms. The Balaban J connectivity index is 1.66. The lowest BCUT2D eigenvalue weighted by Crippen LogP contribution is -2.20. The first-order valence-corrected chi connectivity index (χ1v) is 8.65. The Bertz CT molecular complexity index is 959. The van der Waals surface area contributed by atoms with Gasteiger partial charge in [0.05, 0.1) is 12.7 Å². The first kappa shape index (κ1) is 19.0. The van der Waals surface area contributed by atoms with Crippen LogP contribution in [0.15, 0.2) is 66.7 Å². The van der Waals surface area contributed by atoms with Gasteiger partial charge in [-0.15, -0.1) is 10.2 Å². The smallest absolute Gasteiger partial charge is 0.337 e. The summed E-state index contributed by atoms with van der Waals surface area (Å²) >= 11 is 0. The number of carbonyl (C=O) groups excluding carboxylic acids is 2. The average Bonchev–Trinajstić information content (AvgIpc) is 2.74. The van der Waals surface area contributed by atoms with Crippen LogP contribution in [0, 0.1) is 0 Å². The minimum absolute atomic E-state index is 0.181. The summed E-state index contributed by atoms with van der Waals surface area (Å²) in [4.78, 5) is 25.9. The standard InChI is InChI=1S/C21H20N4O3/c1-25(14-15-7-4-3-5-8-15)19-12-11-18(23-24-19)20(26)22-17-10-6-9-16(13-17)21(27)28-2/h3-13H,14H2,1-2H3,(H,22,26). The quantitative estimate of drug-likeness (QED) is 0.665. The third-order valence-corrected chi connectivity index (χ3v) is 4.08. The van der Waals surface area contributed by atoms with Gasteiger partial charge in [0.1, 0.15) is 0 Å². The predicted molar refractivity (Wildman–Crippen MR) is 106 cm³/mol. The fraction of sp³-hybridized carbons (Fsp3) is 0.143. The van der Waals surface area contributed by atoms with E-state index in [1.807, 2.05) is 42.3 Å². The number of nitrogens with one attached hydrogen (secondary N) is 1. The molecule has 2 aromatic carbocycles. The number of ether oxygens (including phenoxy) is 1. The lowest BCUT2D eigenvalue weighted by atomic mass is 10.2. The fourth-order valence-electron chi connectivity index (χ4n) is 2.63. The topological polar surface area (TPSA) is 84.4 Å². The molecule has 142 valence electrons. The van der Waals surface area contributed by atoms with Crippen molar-refractivity contribution in [1.29, 1.82) is 0 Å². The second-order valence-corrected chi connectivity index (χ2v) is 6.14. The third kappa shape index (κ3) is 4.70. The predicted octanol–water partition coefficient (Wildman–Crippen LogP) is 3.15. The van der Waals surface area contributed by atoms with Gasteiger partial charge in [0.25, 0.3) is 5.91 Å². The minimum atomic E-state index is -0.471. The molecule has 1 N–H and O–H groups in total. The van der Waals surface area contributed by atoms with Crippen molar-refractivity contribution >= 4 is 23.4 Å². The number of carbonyl (C=O) groups is 2. The SMILES string of the molecule is COC(=O)c1cccc(NC(=O)c2ccc(N(C)Cc3ccccc3)nn2)c1. The maximum absolute atomic E-state index is 12.4. The number of esters is 1. The molecule has 0 aliphatic carbocycles. The molecule has 7 nitrogen and oxygen atoms in total. The van der Waals surface area contributed by atoms with E-state index in [0.29, 0.717) is 23.6 Å². The van der Waals surface area contributed by atoms with Crippen molar-refractivity contribution in [2.24, 2.45) is 0 Å². The van der Waals surface area contributed by atoms with Crippen molar-refractivity contribution in [2.45, 2.75) is 6.54 Å². The number of hydrogen-bond donors (Lipinski definition) is 1. The molecule has 0 atom stereocenters. The Kier molecular flexibility index (Phi) is 5.96. The first-order valence-electron chi connectivity index (χ1n) is 8.65. The van der Waals surface area contributed by atoms with Gasteiger partial charge in [-0.3, -0.25) is 4.79 Å². The summed E-state index contributed by atoms with van der Waals surface area (Å²) in [5.74, 6) is -0.221. The molecular formula is C21H20N4O3. The number of nitrogens with zero attached hydrogens (tertiary/aromatic N) is 3. The van der Waals surface area contributed by atoms with Crippen LogP contribution in [-0.4, -0.2) is 36.2 Å². The van der Waals surface area contributed by atoms with E-state index in [0.717, 1.165) is 5.56 Å². The molecular weight excluding hydrogens is 356 g/mol. The van der Waals surface area contributed by atoms with E-state index in [9.17, 15) is 9.59 Å². The summed E-state index contributed by atoms with van der Waals surface area (Å²) in [6.45, 7) is 0.682. The van der Waals surface area contributed by atoms with Crippen LogP contribution in [0.2, 0.25) is 0 Å². The monoisotopic (exact) mass is 376 g/mol. The van der Waals surface area contributed by atoms with Crippen LogP contribution < -0.4 is 10.2 Å². The van der Waals surface area contributed by atoms with Crippen molar-refractivity contribution in [1.82, 2.24) is 10.2 Å². The van der Waals surface area contributed by atoms with Crippen LogP contribution in [0.5, 0.6) is 0 Å². The Morgan fingerprint density at radius 3 is 2.46 bits per heavy atom. The number of methoxy groups -OCH3 is 1. The highest BCUT2D eigenvalue weighted by molar-refractivity contribution is 6.03. The maximum atomic E-state index is 12.4. The number of benzene rings is 2. The Hall–Kier alpha value is -3.74. The van der Waals surface area contributed by atoms with Gasteiger partial charge in [0.2, 0.25) is 0 Å². The summed E-state index contributed by atoms with van der Waals surface area (Å²) < 4.78 is 4.68. The number of aromatic nitrogens is 2. The van der Waals surface area contributed by atoms with Crippen molar-refractivity contribution < 1.29 is 14.3 Å². The highest BCUT2D eigenvalue weighted by Crippen LogP contribution is 2.15.